The molecule has 1 unspecified atom stereocenters. The first-order valence-electron chi connectivity index (χ1n) is 7.76. The van der Waals surface area contributed by atoms with Gasteiger partial charge in [-0.3, -0.25) is 9.59 Å². The minimum absolute atomic E-state index is 0.310. The molecule has 0 fully saturated rings. The zero-order valence-electron chi connectivity index (χ0n) is 14.3. The van der Waals surface area contributed by atoms with Gasteiger partial charge in [0.15, 0.2) is 0 Å². The average molecular weight is 454 g/mol. The van der Waals surface area contributed by atoms with Gasteiger partial charge in [-0.05, 0) is 35.4 Å². The SMILES string of the molecule is Fc1ccc(C(c2ccc(F)cc2)C(Cl)(Cl)Cl)cc1.NC(=O)CC(N)C(=O)O. The lowest BCUT2D eigenvalue weighted by atomic mass is 9.92. The van der Waals surface area contributed by atoms with Crippen LogP contribution in [0.5, 0.6) is 0 Å². The van der Waals surface area contributed by atoms with E-state index in [1.165, 1.54) is 24.3 Å². The molecule has 1 atom stereocenters. The second-order valence-electron chi connectivity index (χ2n) is 5.69. The van der Waals surface area contributed by atoms with Gasteiger partial charge in [-0.25, -0.2) is 8.78 Å². The minimum Gasteiger partial charge on any atom is -0.480 e. The minimum atomic E-state index is -1.62. The molecule has 5 N–H and O–H groups in total. The number of hydrogen-bond acceptors (Lipinski definition) is 3. The normalized spacial score (nSPS) is 12.1. The number of rotatable bonds is 5. The van der Waals surface area contributed by atoms with Crippen molar-refractivity contribution in [3.63, 3.8) is 0 Å². The number of hydrogen-bond donors (Lipinski definition) is 3. The molecule has 0 saturated heterocycles. The van der Waals surface area contributed by atoms with Gasteiger partial charge in [0.1, 0.15) is 17.7 Å². The number of primary amides is 1. The van der Waals surface area contributed by atoms with Crippen molar-refractivity contribution >= 4 is 46.7 Å². The van der Waals surface area contributed by atoms with Crippen LogP contribution in [0.1, 0.15) is 23.5 Å². The third kappa shape index (κ3) is 7.98. The molecule has 2 aromatic rings. The van der Waals surface area contributed by atoms with E-state index in [1.807, 2.05) is 0 Å². The van der Waals surface area contributed by atoms with Crippen LogP contribution in [0.25, 0.3) is 0 Å². The van der Waals surface area contributed by atoms with Crippen LogP contribution in [0.3, 0.4) is 0 Å². The number of alkyl halides is 3. The van der Waals surface area contributed by atoms with Crippen LogP contribution >= 0.6 is 34.8 Å². The van der Waals surface area contributed by atoms with Gasteiger partial charge < -0.3 is 16.6 Å². The molecule has 0 spiro atoms. The Balaban J connectivity index is 0.000000370. The number of aliphatic carboxylic acids is 1. The van der Waals surface area contributed by atoms with Crippen molar-refractivity contribution < 1.29 is 23.5 Å². The summed E-state index contributed by atoms with van der Waals surface area (Å²) in [6.45, 7) is 0. The highest BCUT2D eigenvalue weighted by Crippen LogP contribution is 2.45. The molecule has 2 rings (SSSR count). The van der Waals surface area contributed by atoms with Crippen molar-refractivity contribution in [1.82, 2.24) is 0 Å². The predicted molar refractivity (Wildman–Crippen MR) is 104 cm³/mol. The summed E-state index contributed by atoms with van der Waals surface area (Å²) < 4.78 is 24.3. The maximum Gasteiger partial charge on any atom is 0.321 e. The van der Waals surface area contributed by atoms with Crippen LogP contribution in [0.4, 0.5) is 8.78 Å². The van der Waals surface area contributed by atoms with E-state index in [2.05, 4.69) is 5.73 Å². The fourth-order valence-electron chi connectivity index (χ4n) is 2.18. The van der Waals surface area contributed by atoms with Crippen LogP contribution in [-0.4, -0.2) is 26.8 Å². The lowest BCUT2D eigenvalue weighted by Crippen LogP contribution is -2.34. The van der Waals surface area contributed by atoms with Crippen molar-refractivity contribution in [2.24, 2.45) is 11.5 Å². The first kappa shape index (κ1) is 24.1. The van der Waals surface area contributed by atoms with Crippen LogP contribution in [0, 0.1) is 11.6 Å². The molecule has 5 nitrogen and oxygen atoms in total. The van der Waals surface area contributed by atoms with Crippen molar-refractivity contribution in [3.8, 4) is 0 Å². The van der Waals surface area contributed by atoms with E-state index in [4.69, 9.17) is 45.6 Å². The van der Waals surface area contributed by atoms with Gasteiger partial charge in [0.25, 0.3) is 0 Å². The Kier molecular flexibility index (Phi) is 9.10. The molecule has 0 aliphatic heterocycles. The first-order chi connectivity index (χ1) is 12.9. The Morgan fingerprint density at radius 3 is 1.50 bits per heavy atom. The van der Waals surface area contributed by atoms with Gasteiger partial charge in [0.2, 0.25) is 9.70 Å². The Hall–Kier alpha value is -1.93. The van der Waals surface area contributed by atoms with E-state index in [1.54, 1.807) is 24.3 Å². The van der Waals surface area contributed by atoms with Crippen molar-refractivity contribution in [3.05, 3.63) is 71.3 Å². The maximum absolute atomic E-state index is 13.0. The van der Waals surface area contributed by atoms with E-state index in [9.17, 15) is 18.4 Å². The molecule has 0 saturated carbocycles. The summed E-state index contributed by atoms with van der Waals surface area (Å²) in [7, 11) is 0. The highest BCUT2D eigenvalue weighted by Gasteiger charge is 2.35. The van der Waals surface area contributed by atoms with Crippen LogP contribution < -0.4 is 11.5 Å². The third-order valence-corrected chi connectivity index (χ3v) is 4.13. The zero-order valence-corrected chi connectivity index (χ0v) is 16.6. The summed E-state index contributed by atoms with van der Waals surface area (Å²) in [6, 6.07) is 10.2. The number of benzene rings is 2. The van der Waals surface area contributed by atoms with Crippen LogP contribution in [0.2, 0.25) is 0 Å². The van der Waals surface area contributed by atoms with Gasteiger partial charge in [-0.15, -0.1) is 0 Å². The second-order valence-corrected chi connectivity index (χ2v) is 8.06. The van der Waals surface area contributed by atoms with E-state index < -0.39 is 27.6 Å². The number of carbonyl (C=O) groups is 2. The van der Waals surface area contributed by atoms with Crippen molar-refractivity contribution in [2.75, 3.05) is 0 Å². The molecule has 0 heterocycles. The van der Waals surface area contributed by atoms with Crippen molar-refractivity contribution in [1.29, 1.82) is 0 Å². The number of halogens is 5. The molecule has 10 heteroatoms. The molecular weight excluding hydrogens is 437 g/mol. The monoisotopic (exact) mass is 452 g/mol. The van der Waals surface area contributed by atoms with Gasteiger partial charge in [0, 0.05) is 0 Å². The topological polar surface area (TPSA) is 106 Å². The average Bonchev–Trinajstić information content (AvgIpc) is 2.57. The van der Waals surface area contributed by atoms with Crippen LogP contribution in [-0.2, 0) is 9.59 Å². The summed E-state index contributed by atoms with van der Waals surface area (Å²) in [5, 5.41) is 8.10. The molecule has 0 aromatic heterocycles. The molecule has 1 amide bonds. The molecular formula is C18H17Cl3F2N2O3. The molecule has 0 bridgehead atoms. The van der Waals surface area contributed by atoms with Gasteiger partial charge >= 0.3 is 5.97 Å². The number of nitrogens with two attached hydrogens (primary N) is 2. The Morgan fingerprint density at radius 1 is 0.929 bits per heavy atom. The third-order valence-electron chi connectivity index (χ3n) is 3.47. The second kappa shape index (κ2) is 10.6. The summed E-state index contributed by atoms with van der Waals surface area (Å²) in [4.78, 5) is 19.9. The fraction of sp³-hybridized carbons (Fsp3) is 0.222. The van der Waals surface area contributed by atoms with Gasteiger partial charge in [0.05, 0.1) is 12.3 Å². The summed E-state index contributed by atoms with van der Waals surface area (Å²) in [5.74, 6) is -3.26. The maximum atomic E-state index is 13.0. The van der Waals surface area contributed by atoms with E-state index in [0.717, 1.165) is 0 Å². The zero-order chi connectivity index (χ0) is 21.5. The Bertz CT molecular complexity index is 752. The largest absolute Gasteiger partial charge is 0.480 e. The Morgan fingerprint density at radius 2 is 1.29 bits per heavy atom. The molecule has 28 heavy (non-hydrogen) atoms. The number of carboxylic acid groups (broad SMARTS) is 1. The predicted octanol–water partition coefficient (Wildman–Crippen LogP) is 3.74. The molecule has 2 aromatic carbocycles. The quantitative estimate of drug-likeness (QED) is 0.600. The standard InChI is InChI=1S/C14H9Cl3F2.C4H8N2O3/c15-14(16,17)13(9-1-5-11(18)6-2-9)10-3-7-12(19)8-4-10;5-2(4(8)9)1-3(6)7/h1-8,13H;2H,1,5H2,(H2,6,7)(H,8,9). The summed E-state index contributed by atoms with van der Waals surface area (Å²) >= 11 is 18.0. The molecule has 0 aliphatic rings. The summed E-state index contributed by atoms with van der Waals surface area (Å²) in [6.07, 6.45) is -0.310. The number of amides is 1. The first-order valence-corrected chi connectivity index (χ1v) is 8.89. The molecule has 0 aliphatic carbocycles. The van der Waals surface area contributed by atoms with Crippen molar-refractivity contribution in [2.45, 2.75) is 22.2 Å². The fourth-order valence-corrected chi connectivity index (χ4v) is 2.94. The highest BCUT2D eigenvalue weighted by molar-refractivity contribution is 6.68. The van der Waals surface area contributed by atoms with E-state index >= 15 is 0 Å². The number of carbonyl (C=O) groups excluding carboxylic acids is 1. The van der Waals surface area contributed by atoms with Gasteiger partial charge in [-0.2, -0.15) is 0 Å². The summed E-state index contributed by atoms with van der Waals surface area (Å²) in [5.41, 5.74) is 10.9. The smallest absolute Gasteiger partial charge is 0.321 e. The Labute approximate surface area is 175 Å². The van der Waals surface area contributed by atoms with Crippen LogP contribution in [0.15, 0.2) is 48.5 Å². The molecule has 0 radical (unpaired) electrons. The van der Waals surface area contributed by atoms with E-state index in [0.29, 0.717) is 11.1 Å². The highest BCUT2D eigenvalue weighted by atomic mass is 35.6. The van der Waals surface area contributed by atoms with E-state index in [-0.39, 0.29) is 18.1 Å². The number of carboxylic acids is 1. The van der Waals surface area contributed by atoms with Gasteiger partial charge in [-0.1, -0.05) is 59.1 Å². The molecule has 152 valence electrons. The lowest BCUT2D eigenvalue weighted by molar-refractivity contribution is -0.140. The lowest BCUT2D eigenvalue weighted by Gasteiger charge is -2.25.